The molecule has 0 radical (unpaired) electrons. The van der Waals surface area contributed by atoms with Crippen LogP contribution in [0, 0.1) is 0 Å². The highest BCUT2D eigenvalue weighted by Gasteiger charge is 2.14. The van der Waals surface area contributed by atoms with Gasteiger partial charge in [0.05, 0.1) is 12.6 Å². The minimum atomic E-state index is -3.83. The molecule has 1 atom stereocenters. The summed E-state index contributed by atoms with van der Waals surface area (Å²) in [5.74, 6) is 1.14. The zero-order valence-electron chi connectivity index (χ0n) is 8.61. The summed E-state index contributed by atoms with van der Waals surface area (Å²) in [5.41, 5.74) is 5.47. The third kappa shape index (κ3) is 12.1. The lowest BCUT2D eigenvalue weighted by Crippen LogP contribution is -2.17. The first-order valence-corrected chi connectivity index (χ1v) is 7.57. The Bertz CT molecular complexity index is 304. The SMILES string of the molecule is NC(CS)=NCC1CCCO1.O=S(O)(O)=S. The summed E-state index contributed by atoms with van der Waals surface area (Å²) in [5, 5.41) is 0. The summed E-state index contributed by atoms with van der Waals surface area (Å²) in [6, 6.07) is 0. The molecule has 0 aromatic carbocycles. The van der Waals surface area contributed by atoms with Crippen LogP contribution < -0.4 is 5.73 Å². The van der Waals surface area contributed by atoms with Crippen LogP contribution in [0.4, 0.5) is 0 Å². The predicted molar refractivity (Wildman–Crippen MR) is 70.1 cm³/mol. The van der Waals surface area contributed by atoms with Crippen LogP contribution in [0.5, 0.6) is 0 Å². The molecule has 1 unspecified atom stereocenters. The number of thiol groups is 1. The van der Waals surface area contributed by atoms with Gasteiger partial charge in [0.15, 0.2) is 0 Å². The van der Waals surface area contributed by atoms with Crippen LogP contribution in [0.25, 0.3) is 0 Å². The third-order valence-electron chi connectivity index (χ3n) is 1.68. The summed E-state index contributed by atoms with van der Waals surface area (Å²) in [6.45, 7) is 1.58. The number of amidine groups is 1. The molecule has 0 amide bonds. The first-order valence-electron chi connectivity index (χ1n) is 4.54. The van der Waals surface area contributed by atoms with Gasteiger partial charge in [-0.1, -0.05) is 0 Å². The van der Waals surface area contributed by atoms with Crippen molar-refractivity contribution in [3.05, 3.63) is 0 Å². The molecule has 4 N–H and O–H groups in total. The lowest BCUT2D eigenvalue weighted by molar-refractivity contribution is 0.118. The number of rotatable bonds is 3. The average molecular weight is 288 g/mol. The van der Waals surface area contributed by atoms with Crippen molar-refractivity contribution in [1.29, 1.82) is 0 Å². The molecule has 0 aromatic rings. The molecule has 16 heavy (non-hydrogen) atoms. The van der Waals surface area contributed by atoms with Crippen LogP contribution in [0.3, 0.4) is 0 Å². The van der Waals surface area contributed by atoms with Gasteiger partial charge in [-0.2, -0.15) is 16.8 Å². The molecule has 1 aliphatic rings. The van der Waals surface area contributed by atoms with Crippen molar-refractivity contribution in [2.24, 2.45) is 10.7 Å². The fourth-order valence-electron chi connectivity index (χ4n) is 1.06. The van der Waals surface area contributed by atoms with E-state index in [2.05, 4.69) is 28.8 Å². The molecule has 96 valence electrons. The zero-order valence-corrected chi connectivity index (χ0v) is 11.1. The van der Waals surface area contributed by atoms with Gasteiger partial charge in [0.25, 0.3) is 9.05 Å². The third-order valence-corrected chi connectivity index (χ3v) is 2.01. The Labute approximate surface area is 105 Å². The minimum absolute atomic E-state index is 0.299. The topological polar surface area (TPSA) is 105 Å². The number of aliphatic imine (C=N–C) groups is 1. The molecule has 0 aromatic heterocycles. The largest absolute Gasteiger partial charge is 0.387 e. The predicted octanol–water partition coefficient (Wildman–Crippen LogP) is 0.131. The van der Waals surface area contributed by atoms with E-state index in [0.29, 0.717) is 24.2 Å². The van der Waals surface area contributed by atoms with Gasteiger partial charge in [-0.15, -0.1) is 0 Å². The fraction of sp³-hybridized carbons (Fsp3) is 0.857. The molecule has 0 bridgehead atoms. The molecule has 1 fully saturated rings. The number of hydrogen-bond donors (Lipinski definition) is 4. The fourth-order valence-corrected chi connectivity index (χ4v) is 1.16. The van der Waals surface area contributed by atoms with Gasteiger partial charge in [0.1, 0.15) is 5.84 Å². The van der Waals surface area contributed by atoms with Crippen molar-refractivity contribution in [3.63, 3.8) is 0 Å². The zero-order chi connectivity index (χ0) is 12.6. The van der Waals surface area contributed by atoms with Gasteiger partial charge in [-0.3, -0.25) is 14.1 Å². The maximum atomic E-state index is 9.11. The average Bonchev–Trinajstić information content (AvgIpc) is 2.63. The van der Waals surface area contributed by atoms with Gasteiger partial charge < -0.3 is 10.5 Å². The lowest BCUT2D eigenvalue weighted by atomic mass is 10.2. The molecule has 1 rings (SSSR count). The van der Waals surface area contributed by atoms with Gasteiger partial charge in [-0.05, 0) is 12.8 Å². The Morgan fingerprint density at radius 3 is 2.62 bits per heavy atom. The highest BCUT2D eigenvalue weighted by atomic mass is 32.9. The minimum Gasteiger partial charge on any atom is -0.387 e. The van der Waals surface area contributed by atoms with Crippen molar-refractivity contribution in [3.8, 4) is 0 Å². The van der Waals surface area contributed by atoms with Crippen molar-refractivity contribution < 1.29 is 18.1 Å². The molecule has 1 saturated heterocycles. The molecule has 0 saturated carbocycles. The molecule has 1 aliphatic heterocycles. The molecular formula is C7H16N2O4S3. The van der Waals surface area contributed by atoms with Crippen molar-refractivity contribution in [2.45, 2.75) is 18.9 Å². The second-order valence-electron chi connectivity index (χ2n) is 3.07. The van der Waals surface area contributed by atoms with Gasteiger partial charge in [0, 0.05) is 23.5 Å². The number of ether oxygens (including phenoxy) is 1. The maximum Gasteiger partial charge on any atom is 0.263 e. The Morgan fingerprint density at radius 1 is 1.69 bits per heavy atom. The van der Waals surface area contributed by atoms with E-state index in [1.165, 1.54) is 0 Å². The Kier molecular flexibility index (Phi) is 8.24. The second-order valence-corrected chi connectivity index (χ2v) is 5.59. The Morgan fingerprint density at radius 2 is 2.25 bits per heavy atom. The van der Waals surface area contributed by atoms with E-state index in [1.54, 1.807) is 0 Å². The highest BCUT2D eigenvalue weighted by Crippen LogP contribution is 2.11. The quantitative estimate of drug-likeness (QED) is 0.334. The van der Waals surface area contributed by atoms with Gasteiger partial charge >= 0.3 is 0 Å². The standard InChI is InChI=1S/C7H14N2OS.H2O3S2/c8-7(5-11)9-4-6-2-1-3-10-6;1-5(2,3)4/h6,11H,1-5H2,(H2,8,9);(H2,1,2,3,4). The number of nitrogens with zero attached hydrogens (tertiary/aromatic N) is 1. The highest BCUT2D eigenvalue weighted by molar-refractivity contribution is 8.26. The summed E-state index contributed by atoms with van der Waals surface area (Å²) in [6.07, 6.45) is 2.57. The molecular weight excluding hydrogens is 272 g/mol. The van der Waals surface area contributed by atoms with E-state index in [-0.39, 0.29) is 0 Å². The van der Waals surface area contributed by atoms with E-state index in [4.69, 9.17) is 23.8 Å². The van der Waals surface area contributed by atoms with Crippen LogP contribution in [-0.2, 0) is 25.0 Å². The van der Waals surface area contributed by atoms with Crippen molar-refractivity contribution in [1.82, 2.24) is 0 Å². The molecule has 9 heteroatoms. The first-order chi connectivity index (χ1) is 7.33. The van der Waals surface area contributed by atoms with E-state index in [0.717, 1.165) is 19.4 Å². The number of hydrogen-bond acceptors (Lipinski definition) is 5. The maximum absolute atomic E-state index is 9.11. The van der Waals surface area contributed by atoms with Gasteiger partial charge in [0.2, 0.25) is 0 Å². The summed E-state index contributed by atoms with van der Waals surface area (Å²) < 4.78 is 29.3. The van der Waals surface area contributed by atoms with Crippen LogP contribution in [0.2, 0.25) is 0 Å². The molecule has 0 spiro atoms. The van der Waals surface area contributed by atoms with Crippen molar-refractivity contribution in [2.75, 3.05) is 18.9 Å². The van der Waals surface area contributed by atoms with E-state index < -0.39 is 9.05 Å². The Hall–Kier alpha value is 0.0700. The van der Waals surface area contributed by atoms with Crippen molar-refractivity contribution >= 4 is 38.7 Å². The molecule has 1 heterocycles. The summed E-state index contributed by atoms with van der Waals surface area (Å²) in [4.78, 5) is 4.12. The summed E-state index contributed by atoms with van der Waals surface area (Å²) in [7, 11) is -3.83. The van der Waals surface area contributed by atoms with Crippen LogP contribution >= 0.6 is 12.6 Å². The lowest BCUT2D eigenvalue weighted by Gasteiger charge is -2.04. The van der Waals surface area contributed by atoms with E-state index in [9.17, 15) is 0 Å². The van der Waals surface area contributed by atoms with Crippen LogP contribution in [0.1, 0.15) is 12.8 Å². The first kappa shape index (κ1) is 16.1. The van der Waals surface area contributed by atoms with Crippen LogP contribution in [-0.4, -0.2) is 44.2 Å². The second kappa shape index (κ2) is 8.20. The monoisotopic (exact) mass is 288 g/mol. The van der Waals surface area contributed by atoms with Gasteiger partial charge in [-0.25, -0.2) is 0 Å². The van der Waals surface area contributed by atoms with E-state index in [1.807, 2.05) is 0 Å². The van der Waals surface area contributed by atoms with E-state index >= 15 is 0 Å². The molecule has 0 aliphatic carbocycles. The normalized spacial score (nSPS) is 21.4. The Balaban J connectivity index is 0.000000385. The summed E-state index contributed by atoms with van der Waals surface area (Å²) >= 11 is 7.46. The number of nitrogens with two attached hydrogens (primary N) is 1. The smallest absolute Gasteiger partial charge is 0.263 e. The molecule has 6 nitrogen and oxygen atoms in total. The van der Waals surface area contributed by atoms with Crippen LogP contribution in [0.15, 0.2) is 4.99 Å².